The van der Waals surface area contributed by atoms with Gasteiger partial charge in [-0.25, -0.2) is 0 Å². The van der Waals surface area contributed by atoms with Crippen molar-refractivity contribution in [1.29, 1.82) is 0 Å². The summed E-state index contributed by atoms with van der Waals surface area (Å²) in [6.07, 6.45) is 0.887. The van der Waals surface area contributed by atoms with E-state index in [4.69, 9.17) is 4.74 Å². The summed E-state index contributed by atoms with van der Waals surface area (Å²) in [6, 6.07) is 23.8. The van der Waals surface area contributed by atoms with Crippen LogP contribution in [0.5, 0.6) is 0 Å². The minimum Gasteiger partial charge on any atom is -0.379 e. The Morgan fingerprint density at radius 3 is 2.54 bits per heavy atom. The second kappa shape index (κ2) is 10.6. The van der Waals surface area contributed by atoms with Gasteiger partial charge in [0.15, 0.2) is 0 Å². The molecule has 0 fully saturated rings. The molecule has 0 spiro atoms. The number of H-pyrrole nitrogens is 1. The van der Waals surface area contributed by atoms with Gasteiger partial charge in [-0.2, -0.15) is 0 Å². The maximum atomic E-state index is 13.6. The number of benzene rings is 3. The van der Waals surface area contributed by atoms with Gasteiger partial charge in [-0.05, 0) is 50.5 Å². The van der Waals surface area contributed by atoms with E-state index in [-0.39, 0.29) is 30.5 Å². The van der Waals surface area contributed by atoms with Crippen LogP contribution < -0.4 is 5.32 Å². The minimum atomic E-state index is -0.383. The number of aryl methyl sites for hydroxylation is 1. The van der Waals surface area contributed by atoms with Crippen molar-refractivity contribution in [2.75, 3.05) is 19.7 Å². The number of rotatable bonds is 9. The molecule has 4 aromatic rings. The van der Waals surface area contributed by atoms with Gasteiger partial charge in [-0.3, -0.25) is 9.59 Å². The molecule has 0 saturated heterocycles. The third-order valence-electron chi connectivity index (χ3n) is 6.83. The number of fused-ring (bicyclic) bond motifs is 2. The van der Waals surface area contributed by atoms with Gasteiger partial charge in [-0.1, -0.05) is 66.2 Å². The van der Waals surface area contributed by atoms with Gasteiger partial charge < -0.3 is 19.9 Å². The number of nitrogens with one attached hydrogen (secondary N) is 2. The largest absolute Gasteiger partial charge is 0.379 e. The van der Waals surface area contributed by atoms with Crippen molar-refractivity contribution >= 4 is 22.7 Å². The van der Waals surface area contributed by atoms with Gasteiger partial charge in [-0.15, -0.1) is 0 Å². The zero-order chi connectivity index (χ0) is 25.9. The molecular weight excluding hydrogens is 462 g/mol. The molecule has 2 heterocycles. The second-order valence-corrected chi connectivity index (χ2v) is 9.87. The first-order valence-corrected chi connectivity index (χ1v) is 12.9. The van der Waals surface area contributed by atoms with Gasteiger partial charge in [0.2, 0.25) is 5.91 Å². The monoisotopic (exact) mass is 495 g/mol. The first kappa shape index (κ1) is 24.8. The summed E-state index contributed by atoms with van der Waals surface area (Å²) in [4.78, 5) is 32.0. The van der Waals surface area contributed by atoms with E-state index in [0.717, 1.165) is 39.7 Å². The smallest absolute Gasteiger partial charge is 0.255 e. The van der Waals surface area contributed by atoms with E-state index in [1.807, 2.05) is 50.2 Å². The molecule has 3 aromatic carbocycles. The minimum absolute atomic E-state index is 0.0178. The van der Waals surface area contributed by atoms with Crippen molar-refractivity contribution < 1.29 is 14.3 Å². The number of nitrogens with zero attached hydrogens (tertiary/aromatic N) is 1. The fourth-order valence-corrected chi connectivity index (χ4v) is 5.07. The molecule has 1 atom stereocenters. The number of carbonyl (C=O) groups excluding carboxylic acids is 2. The standard InChI is InChI=1S/C31H33N3O3/c1-20(2)37-18-8-17-32-27(35)19-34-30(23-9-4-5-10-24(23)31(34)36)28-25-11-6-7-12-26(25)33-29(28)22-15-13-21(3)14-16-22/h4-7,9-16,20,30,33H,8,17-19H2,1-3H3,(H,32,35)/t30-/m1/s1. The molecule has 6 nitrogen and oxygen atoms in total. The van der Waals surface area contributed by atoms with Crippen LogP contribution in [0.4, 0.5) is 0 Å². The molecule has 0 saturated carbocycles. The summed E-state index contributed by atoms with van der Waals surface area (Å²) in [7, 11) is 0. The average molecular weight is 496 g/mol. The van der Waals surface area contributed by atoms with Crippen LogP contribution in [0, 0.1) is 6.92 Å². The molecule has 2 amide bonds. The number of ether oxygens (including phenoxy) is 1. The quantitative estimate of drug-likeness (QED) is 0.296. The number of para-hydroxylation sites is 1. The van der Waals surface area contributed by atoms with Crippen LogP contribution in [-0.2, 0) is 9.53 Å². The molecule has 37 heavy (non-hydrogen) atoms. The third kappa shape index (κ3) is 5.02. The maximum absolute atomic E-state index is 13.6. The van der Waals surface area contributed by atoms with Crippen molar-refractivity contribution in [2.24, 2.45) is 0 Å². The van der Waals surface area contributed by atoms with Crippen LogP contribution in [0.15, 0.2) is 72.8 Å². The highest BCUT2D eigenvalue weighted by Gasteiger charge is 2.40. The Balaban J connectivity index is 1.52. The lowest BCUT2D eigenvalue weighted by atomic mass is 9.93. The molecule has 5 rings (SSSR count). The Morgan fingerprint density at radius 1 is 1.03 bits per heavy atom. The summed E-state index contributed by atoms with van der Waals surface area (Å²) < 4.78 is 5.57. The average Bonchev–Trinajstić information content (AvgIpc) is 3.39. The highest BCUT2D eigenvalue weighted by Crippen LogP contribution is 2.45. The first-order valence-electron chi connectivity index (χ1n) is 12.9. The molecule has 190 valence electrons. The topological polar surface area (TPSA) is 74.4 Å². The van der Waals surface area contributed by atoms with Crippen LogP contribution in [-0.4, -0.2) is 47.5 Å². The zero-order valence-electron chi connectivity index (χ0n) is 21.6. The third-order valence-corrected chi connectivity index (χ3v) is 6.83. The van der Waals surface area contributed by atoms with E-state index >= 15 is 0 Å². The fraction of sp³-hybridized carbons (Fsp3) is 0.290. The molecule has 0 radical (unpaired) electrons. The Hall–Kier alpha value is -3.90. The lowest BCUT2D eigenvalue weighted by molar-refractivity contribution is -0.122. The molecular formula is C31H33N3O3. The van der Waals surface area contributed by atoms with Crippen LogP contribution in [0.2, 0.25) is 0 Å². The lowest BCUT2D eigenvalue weighted by Gasteiger charge is -2.26. The molecule has 0 aliphatic carbocycles. The number of amides is 2. The highest BCUT2D eigenvalue weighted by molar-refractivity contribution is 6.03. The van der Waals surface area contributed by atoms with E-state index in [1.54, 1.807) is 4.90 Å². The Morgan fingerprint density at radius 2 is 1.76 bits per heavy atom. The van der Waals surface area contributed by atoms with E-state index in [0.29, 0.717) is 18.7 Å². The van der Waals surface area contributed by atoms with Crippen LogP contribution in [0.25, 0.3) is 22.2 Å². The van der Waals surface area contributed by atoms with E-state index in [9.17, 15) is 9.59 Å². The van der Waals surface area contributed by atoms with Gasteiger partial charge >= 0.3 is 0 Å². The highest BCUT2D eigenvalue weighted by atomic mass is 16.5. The second-order valence-electron chi connectivity index (χ2n) is 9.87. The Bertz CT molecular complexity index is 1420. The number of aromatic nitrogens is 1. The number of hydrogen-bond donors (Lipinski definition) is 2. The van der Waals surface area contributed by atoms with Crippen molar-refractivity contribution in [3.63, 3.8) is 0 Å². The maximum Gasteiger partial charge on any atom is 0.255 e. The first-order chi connectivity index (χ1) is 17.9. The van der Waals surface area contributed by atoms with Crippen LogP contribution in [0.3, 0.4) is 0 Å². The summed E-state index contributed by atoms with van der Waals surface area (Å²) in [5.74, 6) is -0.300. The molecule has 0 bridgehead atoms. The van der Waals surface area contributed by atoms with Crippen LogP contribution in [0.1, 0.15) is 53.4 Å². The van der Waals surface area contributed by atoms with Crippen molar-refractivity contribution in [2.45, 2.75) is 39.3 Å². The fourth-order valence-electron chi connectivity index (χ4n) is 5.07. The van der Waals surface area contributed by atoms with Crippen molar-refractivity contribution in [3.05, 3.63) is 95.1 Å². The molecule has 1 aromatic heterocycles. The predicted octanol–water partition coefficient (Wildman–Crippen LogP) is 5.62. The van der Waals surface area contributed by atoms with Crippen molar-refractivity contribution in [3.8, 4) is 11.3 Å². The van der Waals surface area contributed by atoms with Gasteiger partial charge in [0, 0.05) is 35.2 Å². The van der Waals surface area contributed by atoms with E-state index in [2.05, 4.69) is 53.6 Å². The summed E-state index contributed by atoms with van der Waals surface area (Å²) in [5, 5.41) is 4.01. The normalized spacial score (nSPS) is 15.0. The Kier molecular flexibility index (Phi) is 7.10. The van der Waals surface area contributed by atoms with E-state index in [1.165, 1.54) is 5.56 Å². The zero-order valence-corrected chi connectivity index (χ0v) is 21.6. The lowest BCUT2D eigenvalue weighted by Crippen LogP contribution is -2.40. The molecule has 0 unspecified atom stereocenters. The molecule has 6 heteroatoms. The molecule has 2 N–H and O–H groups in total. The summed E-state index contributed by atoms with van der Waals surface area (Å²) >= 11 is 0. The van der Waals surface area contributed by atoms with Gasteiger partial charge in [0.25, 0.3) is 5.91 Å². The Labute approximate surface area is 217 Å². The van der Waals surface area contributed by atoms with Gasteiger partial charge in [0.05, 0.1) is 17.8 Å². The number of carbonyl (C=O) groups is 2. The SMILES string of the molecule is Cc1ccc(-c2[nH]c3ccccc3c2[C@H]2c3ccccc3C(=O)N2CC(=O)NCCCOC(C)C)cc1. The predicted molar refractivity (Wildman–Crippen MR) is 147 cm³/mol. The summed E-state index contributed by atoms with van der Waals surface area (Å²) in [6.45, 7) is 7.12. The number of aromatic amines is 1. The van der Waals surface area contributed by atoms with Crippen LogP contribution >= 0.6 is 0 Å². The summed E-state index contributed by atoms with van der Waals surface area (Å²) in [5.41, 5.74) is 6.76. The van der Waals surface area contributed by atoms with Gasteiger partial charge in [0.1, 0.15) is 6.54 Å². The molecule has 1 aliphatic heterocycles. The molecule has 1 aliphatic rings. The van der Waals surface area contributed by atoms with Crippen molar-refractivity contribution in [1.82, 2.24) is 15.2 Å². The van der Waals surface area contributed by atoms with E-state index < -0.39 is 0 Å². The number of hydrogen-bond acceptors (Lipinski definition) is 3.